The quantitative estimate of drug-likeness (QED) is 0.707. The average molecular weight is 185 g/mol. The van der Waals surface area contributed by atoms with Crippen LogP contribution in [-0.4, -0.2) is 17.2 Å². The van der Waals surface area contributed by atoms with Gasteiger partial charge in [0.25, 0.3) is 0 Å². The first-order chi connectivity index (χ1) is 6.24. The van der Waals surface area contributed by atoms with Crippen molar-refractivity contribution in [3.63, 3.8) is 0 Å². The molecule has 1 fully saturated rings. The smallest absolute Gasteiger partial charge is 0.404 e. The first-order valence-corrected chi connectivity index (χ1v) is 5.23. The zero-order valence-electron chi connectivity index (χ0n) is 8.25. The van der Waals surface area contributed by atoms with Crippen LogP contribution in [0.5, 0.6) is 0 Å². The molecular formula is C10H19NO2. The Balaban J connectivity index is 2.30. The van der Waals surface area contributed by atoms with Gasteiger partial charge >= 0.3 is 6.09 Å². The van der Waals surface area contributed by atoms with Crippen molar-refractivity contribution in [2.75, 3.05) is 0 Å². The molecule has 0 aromatic heterocycles. The van der Waals surface area contributed by atoms with Gasteiger partial charge in [0.2, 0.25) is 0 Å². The molecule has 0 bridgehead atoms. The summed E-state index contributed by atoms with van der Waals surface area (Å²) in [5, 5.41) is 11.2. The van der Waals surface area contributed by atoms with Crippen molar-refractivity contribution in [3.8, 4) is 0 Å². The Morgan fingerprint density at radius 2 is 2.31 bits per heavy atom. The van der Waals surface area contributed by atoms with Crippen molar-refractivity contribution in [2.45, 2.75) is 51.5 Å². The molecule has 76 valence electrons. The Kier molecular flexibility index (Phi) is 4.06. The van der Waals surface area contributed by atoms with E-state index in [2.05, 4.69) is 12.2 Å². The molecule has 0 heterocycles. The maximum absolute atomic E-state index is 10.5. The van der Waals surface area contributed by atoms with Crippen LogP contribution in [-0.2, 0) is 0 Å². The fourth-order valence-electron chi connectivity index (χ4n) is 2.20. The summed E-state index contributed by atoms with van der Waals surface area (Å²) >= 11 is 0. The van der Waals surface area contributed by atoms with Gasteiger partial charge < -0.3 is 10.4 Å². The Morgan fingerprint density at radius 1 is 1.54 bits per heavy atom. The van der Waals surface area contributed by atoms with E-state index in [1.807, 2.05) is 0 Å². The van der Waals surface area contributed by atoms with Crippen LogP contribution in [0, 0.1) is 5.92 Å². The number of unbranched alkanes of at least 4 members (excludes halogenated alkanes) is 1. The molecular weight excluding hydrogens is 166 g/mol. The molecule has 1 aliphatic carbocycles. The Hall–Kier alpha value is -0.730. The molecule has 1 saturated carbocycles. The van der Waals surface area contributed by atoms with Crippen molar-refractivity contribution in [1.82, 2.24) is 5.32 Å². The van der Waals surface area contributed by atoms with Gasteiger partial charge in [0.05, 0.1) is 0 Å². The molecule has 0 aromatic carbocycles. The fourth-order valence-corrected chi connectivity index (χ4v) is 2.20. The molecule has 0 spiro atoms. The van der Waals surface area contributed by atoms with Crippen molar-refractivity contribution in [1.29, 1.82) is 0 Å². The van der Waals surface area contributed by atoms with E-state index < -0.39 is 6.09 Å². The van der Waals surface area contributed by atoms with Gasteiger partial charge in [0, 0.05) is 6.04 Å². The number of hydrogen-bond donors (Lipinski definition) is 2. The van der Waals surface area contributed by atoms with Gasteiger partial charge in [0.15, 0.2) is 0 Å². The number of carboxylic acid groups (broad SMARTS) is 1. The van der Waals surface area contributed by atoms with E-state index in [4.69, 9.17) is 5.11 Å². The number of hydrogen-bond acceptors (Lipinski definition) is 1. The van der Waals surface area contributed by atoms with Crippen LogP contribution >= 0.6 is 0 Å². The van der Waals surface area contributed by atoms with E-state index in [0.29, 0.717) is 5.92 Å². The van der Waals surface area contributed by atoms with Crippen LogP contribution in [0.15, 0.2) is 0 Å². The number of amides is 1. The molecule has 2 unspecified atom stereocenters. The first-order valence-electron chi connectivity index (χ1n) is 5.23. The van der Waals surface area contributed by atoms with Crippen LogP contribution in [0.25, 0.3) is 0 Å². The van der Waals surface area contributed by atoms with Crippen LogP contribution < -0.4 is 5.32 Å². The minimum absolute atomic E-state index is 0.226. The highest BCUT2D eigenvalue weighted by Gasteiger charge is 2.27. The molecule has 13 heavy (non-hydrogen) atoms. The lowest BCUT2D eigenvalue weighted by Crippen LogP contribution is -2.36. The summed E-state index contributed by atoms with van der Waals surface area (Å²) in [7, 11) is 0. The molecule has 1 rings (SSSR count). The summed E-state index contributed by atoms with van der Waals surface area (Å²) in [6, 6.07) is 0.226. The third-order valence-electron chi connectivity index (χ3n) is 2.90. The topological polar surface area (TPSA) is 49.3 Å². The summed E-state index contributed by atoms with van der Waals surface area (Å²) < 4.78 is 0. The molecule has 0 aliphatic heterocycles. The highest BCUT2D eigenvalue weighted by molar-refractivity contribution is 5.64. The highest BCUT2D eigenvalue weighted by atomic mass is 16.4. The van der Waals surface area contributed by atoms with Gasteiger partial charge in [-0.05, 0) is 25.2 Å². The molecule has 2 atom stereocenters. The number of nitrogens with one attached hydrogen (secondary N) is 1. The predicted molar refractivity (Wildman–Crippen MR) is 51.8 cm³/mol. The maximum Gasteiger partial charge on any atom is 0.404 e. The molecule has 3 nitrogen and oxygen atoms in total. The second-order valence-electron chi connectivity index (χ2n) is 3.89. The summed E-state index contributed by atoms with van der Waals surface area (Å²) in [4.78, 5) is 10.5. The van der Waals surface area contributed by atoms with Gasteiger partial charge in [-0.1, -0.05) is 26.2 Å². The zero-order chi connectivity index (χ0) is 9.68. The number of carbonyl (C=O) groups is 1. The predicted octanol–water partition coefficient (Wildman–Crippen LogP) is 2.61. The summed E-state index contributed by atoms with van der Waals surface area (Å²) in [6.45, 7) is 2.18. The Labute approximate surface area is 79.5 Å². The van der Waals surface area contributed by atoms with Gasteiger partial charge in [-0.25, -0.2) is 4.79 Å². The van der Waals surface area contributed by atoms with Crippen LogP contribution in [0.1, 0.15) is 45.4 Å². The lowest BCUT2D eigenvalue weighted by molar-refractivity contribution is 0.185. The second kappa shape index (κ2) is 5.10. The third kappa shape index (κ3) is 3.25. The van der Waals surface area contributed by atoms with Crippen LogP contribution in [0.2, 0.25) is 0 Å². The minimum Gasteiger partial charge on any atom is -0.465 e. The maximum atomic E-state index is 10.5. The van der Waals surface area contributed by atoms with E-state index >= 15 is 0 Å². The fraction of sp³-hybridized carbons (Fsp3) is 0.900. The van der Waals surface area contributed by atoms with Gasteiger partial charge in [-0.2, -0.15) is 0 Å². The van der Waals surface area contributed by atoms with E-state index in [0.717, 1.165) is 6.42 Å². The molecule has 3 heteroatoms. The Bertz CT molecular complexity index is 170. The SMILES string of the molecule is CCCCC1CCCC1NC(=O)O. The monoisotopic (exact) mass is 185 g/mol. The minimum atomic E-state index is -0.867. The second-order valence-corrected chi connectivity index (χ2v) is 3.89. The van der Waals surface area contributed by atoms with Crippen molar-refractivity contribution >= 4 is 6.09 Å². The summed E-state index contributed by atoms with van der Waals surface area (Å²) in [5.74, 6) is 0.594. The molecule has 1 amide bonds. The van der Waals surface area contributed by atoms with Crippen molar-refractivity contribution in [2.24, 2.45) is 5.92 Å². The van der Waals surface area contributed by atoms with Crippen molar-refractivity contribution < 1.29 is 9.90 Å². The van der Waals surface area contributed by atoms with Gasteiger partial charge in [-0.15, -0.1) is 0 Å². The van der Waals surface area contributed by atoms with E-state index in [1.165, 1.54) is 32.1 Å². The van der Waals surface area contributed by atoms with Gasteiger partial charge in [-0.3, -0.25) is 0 Å². The third-order valence-corrected chi connectivity index (χ3v) is 2.90. The van der Waals surface area contributed by atoms with E-state index in [-0.39, 0.29) is 6.04 Å². The lowest BCUT2D eigenvalue weighted by Gasteiger charge is -2.18. The van der Waals surface area contributed by atoms with E-state index in [9.17, 15) is 4.79 Å². The Morgan fingerprint density at radius 3 is 2.92 bits per heavy atom. The average Bonchev–Trinajstić information content (AvgIpc) is 2.48. The van der Waals surface area contributed by atoms with Crippen molar-refractivity contribution in [3.05, 3.63) is 0 Å². The van der Waals surface area contributed by atoms with Crippen LogP contribution in [0.4, 0.5) is 4.79 Å². The molecule has 2 N–H and O–H groups in total. The molecule has 0 radical (unpaired) electrons. The number of rotatable bonds is 4. The largest absolute Gasteiger partial charge is 0.465 e. The first kappa shape index (κ1) is 10.4. The standard InChI is InChI=1S/C10H19NO2/c1-2-3-5-8-6-4-7-9(8)11-10(12)13/h8-9,11H,2-7H2,1H3,(H,12,13). The molecule has 0 saturated heterocycles. The zero-order valence-corrected chi connectivity index (χ0v) is 8.25. The normalized spacial score (nSPS) is 27.5. The van der Waals surface area contributed by atoms with Crippen LogP contribution in [0.3, 0.4) is 0 Å². The molecule has 0 aromatic rings. The molecule has 1 aliphatic rings. The summed E-state index contributed by atoms with van der Waals surface area (Å²) in [6.07, 6.45) is 6.15. The van der Waals surface area contributed by atoms with Gasteiger partial charge in [0.1, 0.15) is 0 Å². The highest BCUT2D eigenvalue weighted by Crippen LogP contribution is 2.29. The van der Waals surface area contributed by atoms with E-state index in [1.54, 1.807) is 0 Å². The lowest BCUT2D eigenvalue weighted by atomic mass is 9.97. The summed E-state index contributed by atoms with van der Waals surface area (Å²) in [5.41, 5.74) is 0.